The van der Waals surface area contributed by atoms with Gasteiger partial charge >= 0.3 is 0 Å². The summed E-state index contributed by atoms with van der Waals surface area (Å²) in [5, 5.41) is 6.88. The van der Waals surface area contributed by atoms with Crippen molar-refractivity contribution in [2.75, 3.05) is 66.6 Å². The molecule has 4 aromatic rings. The number of nitrogens with one attached hydrogen (secondary N) is 2. The van der Waals surface area contributed by atoms with E-state index >= 15 is 0 Å². The third kappa shape index (κ3) is 9.79. The fraction of sp³-hybridized carbons (Fsp3) is 0.451. The van der Waals surface area contributed by atoms with Crippen molar-refractivity contribution in [2.45, 2.75) is 84.3 Å². The maximum absolute atomic E-state index is 12.7. The Morgan fingerprint density at radius 1 is 0.661 bits per heavy atom. The molecule has 10 nitrogen and oxygen atoms in total. The summed E-state index contributed by atoms with van der Waals surface area (Å²) in [7, 11) is 3.40. The molecule has 4 aromatic carbocycles. The molecule has 2 fully saturated rings. The number of halogens is 1. The van der Waals surface area contributed by atoms with Crippen LogP contribution in [0.3, 0.4) is 0 Å². The molecule has 4 heterocycles. The number of carbonyl (C=O) groups is 2. The summed E-state index contributed by atoms with van der Waals surface area (Å²) in [6.45, 7) is 14.7. The number of amides is 2. The predicted molar refractivity (Wildman–Crippen MR) is 247 cm³/mol. The third-order valence-electron chi connectivity index (χ3n) is 12.8. The number of rotatable bonds is 10. The molecule has 0 aromatic heterocycles. The molecule has 8 rings (SSSR count). The zero-order chi connectivity index (χ0) is 42.3. The van der Waals surface area contributed by atoms with Gasteiger partial charge in [0.15, 0.2) is 0 Å². The Morgan fingerprint density at radius 3 is 1.69 bits per heavy atom. The first kappa shape index (κ1) is 47.7. The lowest BCUT2D eigenvalue weighted by atomic mass is 9.74. The van der Waals surface area contributed by atoms with E-state index < -0.39 is 0 Å². The Bertz CT molecular complexity index is 2140. The highest BCUT2D eigenvalue weighted by atomic mass is 19.0. The molecule has 334 valence electrons. The average Bonchev–Trinajstić information content (AvgIpc) is 3.29. The van der Waals surface area contributed by atoms with E-state index in [-0.39, 0.29) is 41.1 Å². The number of ether oxygens (including phenoxy) is 4. The van der Waals surface area contributed by atoms with Gasteiger partial charge in [0, 0.05) is 61.6 Å². The number of hydrogen-bond donors (Lipinski definition) is 2. The van der Waals surface area contributed by atoms with Crippen molar-refractivity contribution in [3.05, 3.63) is 124 Å². The van der Waals surface area contributed by atoms with Gasteiger partial charge in [0.25, 0.3) is 11.8 Å². The van der Waals surface area contributed by atoms with Gasteiger partial charge in [0.1, 0.15) is 34.2 Å². The van der Waals surface area contributed by atoms with Crippen LogP contribution in [-0.4, -0.2) is 99.4 Å². The molecule has 2 saturated heterocycles. The molecule has 0 radical (unpaired) electrons. The molecule has 4 aliphatic rings. The molecular formula is C51H67FN4O6. The second-order valence-corrected chi connectivity index (χ2v) is 16.1. The number of hydrogen-bond acceptors (Lipinski definition) is 8. The first-order valence-electron chi connectivity index (χ1n) is 21.9. The van der Waals surface area contributed by atoms with Crippen molar-refractivity contribution in [1.29, 1.82) is 0 Å². The minimum Gasteiger partial charge on any atom is -0.496 e. The molecule has 1 unspecified atom stereocenters. The highest BCUT2D eigenvalue weighted by Gasteiger charge is 2.44. The molecule has 2 N–H and O–H groups in total. The average molecular weight is 851 g/mol. The van der Waals surface area contributed by atoms with Crippen molar-refractivity contribution in [3.8, 4) is 23.0 Å². The van der Waals surface area contributed by atoms with Gasteiger partial charge < -0.3 is 39.4 Å². The monoisotopic (exact) mass is 851 g/mol. The van der Waals surface area contributed by atoms with Crippen LogP contribution in [-0.2, 0) is 0 Å². The summed E-state index contributed by atoms with van der Waals surface area (Å²) in [6, 6.07) is 28.1. The summed E-state index contributed by atoms with van der Waals surface area (Å²) in [6.07, 6.45) is 7.03. The maximum Gasteiger partial charge on any atom is 0.253 e. The number of benzene rings is 4. The maximum atomic E-state index is 12.7. The van der Waals surface area contributed by atoms with E-state index in [0.717, 1.165) is 122 Å². The van der Waals surface area contributed by atoms with Crippen LogP contribution in [0.4, 0.5) is 4.70 Å². The third-order valence-corrected chi connectivity index (χ3v) is 12.8. The number of fused-ring (bicyclic) bond motifs is 2. The van der Waals surface area contributed by atoms with Gasteiger partial charge in [-0.1, -0.05) is 43.8 Å². The summed E-state index contributed by atoms with van der Waals surface area (Å²) in [5.41, 5.74) is 6.48. The summed E-state index contributed by atoms with van der Waals surface area (Å²) >= 11 is 0. The van der Waals surface area contributed by atoms with Crippen LogP contribution in [0, 0.1) is 0 Å². The zero-order valence-corrected chi connectivity index (χ0v) is 36.7. The highest BCUT2D eigenvalue weighted by Crippen LogP contribution is 2.51. The molecule has 11 heteroatoms. The number of nitrogens with zero attached hydrogens (tertiary/aromatic N) is 2. The van der Waals surface area contributed by atoms with E-state index in [2.05, 4.69) is 34.9 Å². The van der Waals surface area contributed by atoms with E-state index in [1.807, 2.05) is 104 Å². The van der Waals surface area contributed by atoms with E-state index in [9.17, 15) is 9.59 Å². The topological polar surface area (TPSA) is 102 Å². The van der Waals surface area contributed by atoms with Crippen molar-refractivity contribution in [2.24, 2.45) is 0 Å². The zero-order valence-electron chi connectivity index (χ0n) is 36.7. The van der Waals surface area contributed by atoms with Gasteiger partial charge in [-0.15, -0.1) is 0 Å². The van der Waals surface area contributed by atoms with Crippen LogP contribution in [0.2, 0.25) is 0 Å². The second kappa shape index (κ2) is 21.1. The molecule has 0 saturated carbocycles. The van der Waals surface area contributed by atoms with E-state index in [4.69, 9.17) is 18.9 Å². The summed E-state index contributed by atoms with van der Waals surface area (Å²) in [4.78, 5) is 29.1. The van der Waals surface area contributed by atoms with Crippen LogP contribution >= 0.6 is 0 Å². The Kier molecular flexibility index (Phi) is 16.2. The Morgan fingerprint density at radius 2 is 1.16 bits per heavy atom. The van der Waals surface area contributed by atoms with Crippen LogP contribution in [0.15, 0.2) is 91.0 Å². The van der Waals surface area contributed by atoms with E-state index in [0.29, 0.717) is 18.7 Å². The first-order chi connectivity index (χ1) is 29.2. The fourth-order valence-corrected chi connectivity index (χ4v) is 9.33. The number of piperidine rings is 2. The normalized spacial score (nSPS) is 17.7. The molecule has 2 spiro atoms. The van der Waals surface area contributed by atoms with Crippen LogP contribution in [0.25, 0.3) is 5.57 Å². The van der Waals surface area contributed by atoms with Crippen LogP contribution < -0.4 is 29.6 Å². The van der Waals surface area contributed by atoms with Crippen molar-refractivity contribution in [1.82, 2.24) is 20.4 Å². The van der Waals surface area contributed by atoms with Gasteiger partial charge in [-0.05, 0) is 144 Å². The smallest absolute Gasteiger partial charge is 0.253 e. The summed E-state index contributed by atoms with van der Waals surface area (Å²) < 4.78 is 24.5. The lowest BCUT2D eigenvalue weighted by Gasteiger charge is -2.45. The van der Waals surface area contributed by atoms with Gasteiger partial charge in [-0.2, -0.15) is 0 Å². The van der Waals surface area contributed by atoms with Crippen LogP contribution in [0.5, 0.6) is 23.0 Å². The second-order valence-electron chi connectivity index (χ2n) is 16.1. The SMILES string of the molecule is C.CCN(CC)C(=O)c1ccc(C2=CC3(CCNCC3)Oc3cccc(OC)c32)cc1.CCN(CC)C(=O)c1ccc(C2CC3(CCNCC3)Oc3cccc(OC)c32)cc1.F. The minimum atomic E-state index is -0.310. The standard InChI is InChI=1S/C25H32N2O3.C25H30N2O3.CH4.FH/c2*1-4-27(5-2)24(28)19-11-9-18(10-12-19)20-17-25(13-15-26-16-14-25)30-22-8-6-7-21(29-3)23(20)22;;/h6-12,20,26H,4-5,13-17H2,1-3H3;6-12,17,26H,4-5,13-16H2,1-3H3;1H4;1H. The van der Waals surface area contributed by atoms with Crippen molar-refractivity contribution < 1.29 is 33.2 Å². The molecule has 4 aliphatic heterocycles. The molecular weight excluding hydrogens is 784 g/mol. The minimum absolute atomic E-state index is 0. The molecule has 1 atom stereocenters. The van der Waals surface area contributed by atoms with E-state index in [1.54, 1.807) is 14.2 Å². The molecule has 62 heavy (non-hydrogen) atoms. The van der Waals surface area contributed by atoms with E-state index in [1.165, 1.54) is 5.56 Å². The quantitative estimate of drug-likeness (QED) is 0.163. The predicted octanol–water partition coefficient (Wildman–Crippen LogP) is 9.13. The molecule has 0 aliphatic carbocycles. The fourth-order valence-electron chi connectivity index (χ4n) is 9.33. The molecule has 0 bridgehead atoms. The Hall–Kier alpha value is -5.39. The summed E-state index contributed by atoms with van der Waals surface area (Å²) in [5.74, 6) is 3.79. The number of carbonyl (C=O) groups excluding carboxylic acids is 2. The van der Waals surface area contributed by atoms with Gasteiger partial charge in [-0.25, -0.2) is 0 Å². The van der Waals surface area contributed by atoms with Gasteiger partial charge in [0.2, 0.25) is 0 Å². The lowest BCUT2D eigenvalue weighted by molar-refractivity contribution is 0.0107. The van der Waals surface area contributed by atoms with Crippen molar-refractivity contribution in [3.63, 3.8) is 0 Å². The molecule has 2 amide bonds. The highest BCUT2D eigenvalue weighted by molar-refractivity contribution is 5.96. The number of methoxy groups -OCH3 is 2. The Balaban J connectivity index is 0.000000227. The van der Waals surface area contributed by atoms with Gasteiger partial charge in [-0.3, -0.25) is 14.3 Å². The largest absolute Gasteiger partial charge is 0.496 e. The van der Waals surface area contributed by atoms with Gasteiger partial charge in [0.05, 0.1) is 19.8 Å². The van der Waals surface area contributed by atoms with Crippen LogP contribution in [0.1, 0.15) is 116 Å². The Labute approximate surface area is 368 Å². The lowest BCUT2D eigenvalue weighted by Crippen LogP contribution is -2.49. The first-order valence-corrected chi connectivity index (χ1v) is 21.9. The van der Waals surface area contributed by atoms with Crippen molar-refractivity contribution >= 4 is 17.4 Å².